The van der Waals surface area contributed by atoms with Gasteiger partial charge in [0.1, 0.15) is 0 Å². The average Bonchev–Trinajstić information content (AvgIpc) is 2.16. The van der Waals surface area contributed by atoms with Gasteiger partial charge in [0.15, 0.2) is 0 Å². The Hall–Kier alpha value is -1.25. The Morgan fingerprint density at radius 1 is 1.42 bits per heavy atom. The molecule has 0 spiro atoms. The third kappa shape index (κ3) is 6.86. The first-order valence-electron chi connectivity index (χ1n) is 4.02. The lowest BCUT2D eigenvalue weighted by molar-refractivity contribution is 0.245. The first-order chi connectivity index (χ1) is 5.74. The zero-order valence-corrected chi connectivity index (χ0v) is 8.27. The lowest BCUT2D eigenvalue weighted by Crippen LogP contribution is -2.31. The van der Waals surface area contributed by atoms with Crippen LogP contribution in [0.25, 0.3) is 0 Å². The van der Waals surface area contributed by atoms with Gasteiger partial charge in [0.2, 0.25) is 0 Å². The molecule has 0 aliphatic rings. The van der Waals surface area contributed by atoms with Gasteiger partial charge in [0.25, 0.3) is 0 Å². The first-order valence-corrected chi connectivity index (χ1v) is 4.02. The summed E-state index contributed by atoms with van der Waals surface area (Å²) in [6.07, 6.45) is 3.34. The third-order valence-corrected chi connectivity index (χ3v) is 1.02. The topological polar surface area (TPSA) is 41.1 Å². The highest BCUT2D eigenvalue weighted by Crippen LogP contribution is 1.87. The van der Waals surface area contributed by atoms with E-state index in [1.54, 1.807) is 19.2 Å². The zero-order valence-electron chi connectivity index (χ0n) is 8.27. The number of amides is 2. The van der Waals surface area contributed by atoms with E-state index in [1.165, 1.54) is 0 Å². The molecule has 0 bridgehead atoms. The summed E-state index contributed by atoms with van der Waals surface area (Å²) < 4.78 is 0. The van der Waals surface area contributed by atoms with Crippen molar-refractivity contribution in [3.8, 4) is 0 Å². The molecule has 2 N–H and O–H groups in total. The average molecular weight is 170 g/mol. The van der Waals surface area contributed by atoms with Crippen molar-refractivity contribution < 1.29 is 4.79 Å². The van der Waals surface area contributed by atoms with Crippen molar-refractivity contribution in [2.45, 2.75) is 20.8 Å². The fourth-order valence-corrected chi connectivity index (χ4v) is 0.435. The summed E-state index contributed by atoms with van der Waals surface area (Å²) in [7, 11) is 1.56. The zero-order chi connectivity index (χ0) is 9.98. The molecule has 0 saturated heterocycles. The summed E-state index contributed by atoms with van der Waals surface area (Å²) in [5, 5.41) is 4.98. The first kappa shape index (κ1) is 13.3. The second kappa shape index (κ2) is 9.75. The van der Waals surface area contributed by atoms with E-state index in [0.717, 1.165) is 0 Å². The van der Waals surface area contributed by atoms with Crippen LogP contribution < -0.4 is 10.6 Å². The number of urea groups is 1. The smallest absolute Gasteiger partial charge is 0.318 e. The monoisotopic (exact) mass is 170 g/mol. The van der Waals surface area contributed by atoms with Crippen molar-refractivity contribution in [2.75, 3.05) is 7.05 Å². The van der Waals surface area contributed by atoms with Gasteiger partial charge in [-0.1, -0.05) is 26.5 Å². The van der Waals surface area contributed by atoms with E-state index < -0.39 is 0 Å². The summed E-state index contributed by atoms with van der Waals surface area (Å²) >= 11 is 0. The van der Waals surface area contributed by atoms with Crippen LogP contribution >= 0.6 is 0 Å². The lowest BCUT2D eigenvalue weighted by Gasteiger charge is -2.02. The molecule has 0 rings (SSSR count). The molecule has 0 atom stereocenters. The van der Waals surface area contributed by atoms with Crippen LogP contribution in [0.5, 0.6) is 0 Å². The lowest BCUT2D eigenvalue weighted by atomic mass is 10.4. The standard InChI is InChI=1S/C7H12N2O.C2H6/c1-4-6(5-2)9-7(10)8-3;1-2/h4-5H,1H2,2-3H3,(H2,8,9,10);1-2H3/b6-5+;. The molecule has 0 saturated carbocycles. The number of hydrogen-bond donors (Lipinski definition) is 2. The van der Waals surface area contributed by atoms with E-state index in [9.17, 15) is 4.79 Å². The van der Waals surface area contributed by atoms with Gasteiger partial charge in [-0.3, -0.25) is 0 Å². The Morgan fingerprint density at radius 3 is 2.17 bits per heavy atom. The van der Waals surface area contributed by atoms with Crippen LogP contribution in [0, 0.1) is 0 Å². The molecular formula is C9H18N2O. The van der Waals surface area contributed by atoms with E-state index in [2.05, 4.69) is 17.2 Å². The maximum Gasteiger partial charge on any atom is 0.318 e. The van der Waals surface area contributed by atoms with Crippen molar-refractivity contribution in [1.29, 1.82) is 0 Å². The fourth-order valence-electron chi connectivity index (χ4n) is 0.435. The van der Waals surface area contributed by atoms with Gasteiger partial charge in [-0.15, -0.1) is 0 Å². The van der Waals surface area contributed by atoms with Gasteiger partial charge in [0, 0.05) is 12.7 Å². The Labute approximate surface area is 74.5 Å². The highest BCUT2D eigenvalue weighted by atomic mass is 16.2. The number of rotatable bonds is 2. The minimum absolute atomic E-state index is 0.229. The van der Waals surface area contributed by atoms with Crippen LogP contribution in [0.4, 0.5) is 4.79 Å². The number of carbonyl (C=O) groups is 1. The molecule has 0 heterocycles. The molecule has 0 aliphatic heterocycles. The van der Waals surface area contributed by atoms with Gasteiger partial charge >= 0.3 is 6.03 Å². The highest BCUT2D eigenvalue weighted by Gasteiger charge is 1.94. The third-order valence-electron chi connectivity index (χ3n) is 1.02. The summed E-state index contributed by atoms with van der Waals surface area (Å²) in [5.41, 5.74) is 0.708. The molecule has 3 nitrogen and oxygen atoms in total. The van der Waals surface area contributed by atoms with Crippen LogP contribution in [0.15, 0.2) is 24.4 Å². The van der Waals surface area contributed by atoms with Crippen LogP contribution in [-0.2, 0) is 0 Å². The second-order valence-corrected chi connectivity index (χ2v) is 1.65. The molecule has 0 fully saturated rings. The largest absolute Gasteiger partial charge is 0.341 e. The van der Waals surface area contributed by atoms with Crippen molar-refractivity contribution in [3.63, 3.8) is 0 Å². The van der Waals surface area contributed by atoms with Crippen LogP contribution in [0.3, 0.4) is 0 Å². The Morgan fingerprint density at radius 2 is 1.92 bits per heavy atom. The Kier molecular flexibility index (Phi) is 10.8. The molecule has 0 radical (unpaired) electrons. The fraction of sp³-hybridized carbons (Fsp3) is 0.444. The maximum absolute atomic E-state index is 10.6. The Balaban J connectivity index is 0. The van der Waals surface area contributed by atoms with Gasteiger partial charge < -0.3 is 10.6 Å². The molecule has 0 unspecified atom stereocenters. The van der Waals surface area contributed by atoms with Crippen molar-refractivity contribution in [1.82, 2.24) is 10.6 Å². The summed E-state index contributed by atoms with van der Waals surface area (Å²) in [4.78, 5) is 10.6. The molecule has 0 aromatic heterocycles. The van der Waals surface area contributed by atoms with E-state index in [1.807, 2.05) is 20.8 Å². The summed E-state index contributed by atoms with van der Waals surface area (Å²) in [6, 6.07) is -0.229. The van der Waals surface area contributed by atoms with E-state index in [4.69, 9.17) is 0 Å². The van der Waals surface area contributed by atoms with Crippen molar-refractivity contribution in [3.05, 3.63) is 24.4 Å². The van der Waals surface area contributed by atoms with Crippen molar-refractivity contribution >= 4 is 6.03 Å². The molecular weight excluding hydrogens is 152 g/mol. The number of allylic oxidation sites excluding steroid dienone is 2. The quantitative estimate of drug-likeness (QED) is 0.612. The van der Waals surface area contributed by atoms with Gasteiger partial charge in [-0.25, -0.2) is 4.79 Å². The highest BCUT2D eigenvalue weighted by molar-refractivity contribution is 5.75. The number of nitrogens with one attached hydrogen (secondary N) is 2. The molecule has 2 amide bonds. The molecule has 0 aliphatic carbocycles. The van der Waals surface area contributed by atoms with Crippen LogP contribution in [0.1, 0.15) is 20.8 Å². The Bertz CT molecular complexity index is 162. The predicted octanol–water partition coefficient (Wildman–Crippen LogP) is 2.03. The van der Waals surface area contributed by atoms with Gasteiger partial charge in [0.05, 0.1) is 0 Å². The minimum atomic E-state index is -0.229. The van der Waals surface area contributed by atoms with Gasteiger partial charge in [-0.2, -0.15) is 0 Å². The number of hydrogen-bond acceptors (Lipinski definition) is 1. The van der Waals surface area contributed by atoms with E-state index in [-0.39, 0.29) is 6.03 Å². The summed E-state index contributed by atoms with van der Waals surface area (Å²) in [6.45, 7) is 9.33. The molecule has 3 heteroatoms. The SMILES string of the molecule is C=C/C(=C\C)NC(=O)NC.CC. The number of carbonyl (C=O) groups excluding carboxylic acids is 1. The normalized spacial score (nSPS) is 9.17. The molecule has 0 aromatic rings. The predicted molar refractivity (Wildman–Crippen MR) is 52.9 cm³/mol. The van der Waals surface area contributed by atoms with Crippen molar-refractivity contribution in [2.24, 2.45) is 0 Å². The summed E-state index contributed by atoms with van der Waals surface area (Å²) in [5.74, 6) is 0. The van der Waals surface area contributed by atoms with Crippen LogP contribution in [0.2, 0.25) is 0 Å². The molecule has 0 aromatic carbocycles. The van der Waals surface area contributed by atoms with Crippen LogP contribution in [-0.4, -0.2) is 13.1 Å². The molecule has 70 valence electrons. The minimum Gasteiger partial charge on any atom is -0.341 e. The maximum atomic E-state index is 10.6. The van der Waals surface area contributed by atoms with E-state index in [0.29, 0.717) is 5.70 Å². The second-order valence-electron chi connectivity index (χ2n) is 1.65. The van der Waals surface area contributed by atoms with E-state index >= 15 is 0 Å². The molecule has 12 heavy (non-hydrogen) atoms. The van der Waals surface area contributed by atoms with Gasteiger partial charge in [-0.05, 0) is 13.0 Å².